The van der Waals surface area contributed by atoms with Gasteiger partial charge in [0.2, 0.25) is 0 Å². The number of amides is 2. The van der Waals surface area contributed by atoms with E-state index in [-0.39, 0.29) is 25.4 Å². The van der Waals surface area contributed by atoms with Crippen LogP contribution in [-0.2, 0) is 28.5 Å². The number of carbonyl (C=O) groups excluding carboxylic acids is 4. The number of methoxy groups -OCH3 is 1. The first-order valence-electron chi connectivity index (χ1n) is 14.2. The van der Waals surface area contributed by atoms with Gasteiger partial charge in [-0.2, -0.15) is 0 Å². The molecule has 1 aliphatic rings. The molecule has 2 N–H and O–H groups in total. The summed E-state index contributed by atoms with van der Waals surface area (Å²) in [5.74, 6) is -1.43. The van der Waals surface area contributed by atoms with Gasteiger partial charge in [-0.1, -0.05) is 60.7 Å². The van der Waals surface area contributed by atoms with Crippen LogP contribution in [-0.4, -0.2) is 61.1 Å². The van der Waals surface area contributed by atoms with E-state index in [9.17, 15) is 19.2 Å². The fourth-order valence-electron chi connectivity index (χ4n) is 4.64. The third-order valence-electron chi connectivity index (χ3n) is 6.41. The first-order valence-corrected chi connectivity index (χ1v) is 14.2. The van der Waals surface area contributed by atoms with Gasteiger partial charge in [0, 0.05) is 5.92 Å². The fraction of sp³-hybridized carbons (Fsp3) is 0.455. The van der Waals surface area contributed by atoms with E-state index in [2.05, 4.69) is 10.6 Å². The van der Waals surface area contributed by atoms with Gasteiger partial charge in [0.25, 0.3) is 0 Å². The topological polar surface area (TPSA) is 129 Å². The van der Waals surface area contributed by atoms with Gasteiger partial charge in [-0.05, 0) is 76.6 Å². The maximum atomic E-state index is 13.0. The highest BCUT2D eigenvalue weighted by Gasteiger charge is 2.31. The van der Waals surface area contributed by atoms with Gasteiger partial charge >= 0.3 is 24.1 Å². The molecule has 0 aliphatic heterocycles. The van der Waals surface area contributed by atoms with Crippen molar-refractivity contribution >= 4 is 24.1 Å². The minimum absolute atomic E-state index is 0.0550. The Morgan fingerprint density at radius 3 is 1.67 bits per heavy atom. The zero-order valence-electron chi connectivity index (χ0n) is 25.9. The highest BCUT2D eigenvalue weighted by Crippen LogP contribution is 2.44. The number of hydrogen-bond acceptors (Lipinski definition) is 8. The minimum Gasteiger partial charge on any atom is -0.467 e. The molecule has 0 spiro atoms. The summed E-state index contributed by atoms with van der Waals surface area (Å²) in [6, 6.07) is 13.9. The summed E-state index contributed by atoms with van der Waals surface area (Å²) in [7, 11) is 1.21. The molecule has 0 saturated carbocycles. The Bertz CT molecular complexity index is 1290. The summed E-state index contributed by atoms with van der Waals surface area (Å²) in [6.07, 6.45) is 1.82. The smallest absolute Gasteiger partial charge is 0.408 e. The van der Waals surface area contributed by atoms with Gasteiger partial charge < -0.3 is 29.6 Å². The van der Waals surface area contributed by atoms with Crippen molar-refractivity contribution in [1.82, 2.24) is 10.6 Å². The van der Waals surface area contributed by atoms with Gasteiger partial charge in [-0.3, -0.25) is 0 Å². The molecule has 232 valence electrons. The number of hydrogen-bond donors (Lipinski definition) is 2. The van der Waals surface area contributed by atoms with Crippen molar-refractivity contribution in [2.75, 3.05) is 13.7 Å². The van der Waals surface area contributed by atoms with Crippen LogP contribution in [0, 0.1) is 0 Å². The molecule has 43 heavy (non-hydrogen) atoms. The fourth-order valence-corrected chi connectivity index (χ4v) is 4.64. The molecule has 0 unspecified atom stereocenters. The number of rotatable bonds is 10. The summed E-state index contributed by atoms with van der Waals surface area (Å²) in [5.41, 5.74) is 2.83. The van der Waals surface area contributed by atoms with Gasteiger partial charge in [0.05, 0.1) is 7.11 Å². The monoisotopic (exact) mass is 594 g/mol. The van der Waals surface area contributed by atoms with Gasteiger partial charge in [-0.25, -0.2) is 19.2 Å². The van der Waals surface area contributed by atoms with Crippen molar-refractivity contribution in [3.63, 3.8) is 0 Å². The molecular formula is C33H42N2O8. The number of nitrogens with one attached hydrogen (secondary N) is 2. The number of ether oxygens (including phenoxy) is 4. The Morgan fingerprint density at radius 1 is 0.721 bits per heavy atom. The lowest BCUT2D eigenvalue weighted by atomic mass is 9.98. The molecule has 3 rings (SSSR count). The Kier molecular flexibility index (Phi) is 11.0. The predicted octanol–water partition coefficient (Wildman–Crippen LogP) is 5.64. The van der Waals surface area contributed by atoms with Crippen LogP contribution in [0.4, 0.5) is 9.59 Å². The van der Waals surface area contributed by atoms with Crippen molar-refractivity contribution in [3.8, 4) is 11.1 Å². The zero-order valence-corrected chi connectivity index (χ0v) is 25.9. The van der Waals surface area contributed by atoms with Crippen LogP contribution in [0.25, 0.3) is 11.1 Å². The van der Waals surface area contributed by atoms with Gasteiger partial charge in [0.1, 0.15) is 29.9 Å². The second-order valence-corrected chi connectivity index (χ2v) is 12.2. The second kappa shape index (κ2) is 14.2. The molecule has 2 amide bonds. The van der Waals surface area contributed by atoms with E-state index in [0.717, 1.165) is 22.3 Å². The first-order chi connectivity index (χ1) is 20.2. The van der Waals surface area contributed by atoms with Gasteiger partial charge in [0.15, 0.2) is 0 Å². The number of alkyl carbamates (subject to hydrolysis) is 2. The van der Waals surface area contributed by atoms with Crippen molar-refractivity contribution in [3.05, 3.63) is 71.8 Å². The summed E-state index contributed by atoms with van der Waals surface area (Å²) >= 11 is 0. The number of carbonyl (C=O) groups is 4. The van der Waals surface area contributed by atoms with Crippen molar-refractivity contribution in [2.24, 2.45) is 0 Å². The Balaban J connectivity index is 1.65. The maximum absolute atomic E-state index is 13.0. The van der Waals surface area contributed by atoms with Crippen molar-refractivity contribution in [1.29, 1.82) is 0 Å². The van der Waals surface area contributed by atoms with Crippen LogP contribution in [0.3, 0.4) is 0 Å². The van der Waals surface area contributed by atoms with E-state index in [1.807, 2.05) is 48.5 Å². The van der Waals surface area contributed by atoms with Crippen molar-refractivity contribution < 1.29 is 38.1 Å². The van der Waals surface area contributed by atoms with Crippen LogP contribution in [0.15, 0.2) is 60.7 Å². The van der Waals surface area contributed by atoms with E-state index in [0.29, 0.717) is 0 Å². The molecule has 0 aromatic heterocycles. The molecule has 0 heterocycles. The lowest BCUT2D eigenvalue weighted by Gasteiger charge is -2.24. The molecular weight excluding hydrogens is 552 g/mol. The Labute approximate surface area is 253 Å². The normalized spacial score (nSPS) is 14.2. The maximum Gasteiger partial charge on any atom is 0.408 e. The quantitative estimate of drug-likeness (QED) is 0.206. The molecule has 0 radical (unpaired) electrons. The van der Waals surface area contributed by atoms with Crippen LogP contribution in [0.1, 0.15) is 71.4 Å². The molecule has 2 aromatic rings. The van der Waals surface area contributed by atoms with Crippen LogP contribution < -0.4 is 10.6 Å². The van der Waals surface area contributed by atoms with Crippen LogP contribution in [0.2, 0.25) is 0 Å². The van der Waals surface area contributed by atoms with Crippen LogP contribution >= 0.6 is 0 Å². The lowest BCUT2D eigenvalue weighted by molar-refractivity contribution is -0.157. The highest BCUT2D eigenvalue weighted by molar-refractivity contribution is 5.83. The average molecular weight is 595 g/mol. The van der Waals surface area contributed by atoms with E-state index in [4.69, 9.17) is 18.9 Å². The molecule has 0 bridgehead atoms. The summed E-state index contributed by atoms with van der Waals surface area (Å²) in [4.78, 5) is 50.3. The third-order valence-corrected chi connectivity index (χ3v) is 6.41. The summed E-state index contributed by atoms with van der Waals surface area (Å²) in [6.45, 7) is 10.4. The van der Waals surface area contributed by atoms with E-state index in [1.54, 1.807) is 53.7 Å². The van der Waals surface area contributed by atoms with Gasteiger partial charge in [-0.15, -0.1) is 0 Å². The van der Waals surface area contributed by atoms with E-state index in [1.165, 1.54) is 7.11 Å². The molecule has 10 nitrogen and oxygen atoms in total. The van der Waals surface area contributed by atoms with E-state index >= 15 is 0 Å². The third kappa shape index (κ3) is 9.87. The van der Waals surface area contributed by atoms with Crippen molar-refractivity contribution in [2.45, 2.75) is 83.6 Å². The summed E-state index contributed by atoms with van der Waals surface area (Å²) in [5, 5.41) is 5.11. The standard InChI is InChI=1S/C33H42N2O8/c1-32(2,3)42-29(37)27(19-13-12-18-26(28(36)40-7)35-31(39)43-33(4,5)6)34-30(38)41-20-25-23-16-10-8-14-21(23)22-15-9-11-17-24(22)25/h8-17,25-27H,18-20H2,1-7H3,(H,34,38)(H,35,39)/b13-12+/t26-,27-/m0/s1. The Morgan fingerprint density at radius 2 is 1.19 bits per heavy atom. The summed E-state index contributed by atoms with van der Waals surface area (Å²) < 4.78 is 21.1. The SMILES string of the molecule is COC(=O)[C@H](C/C=C/C[C@H](NC(=O)OCC1c2ccccc2-c2ccccc21)C(=O)OC(C)(C)C)NC(=O)OC(C)(C)C. The molecule has 1 aliphatic carbocycles. The van der Waals surface area contributed by atoms with Crippen LogP contribution in [0.5, 0.6) is 0 Å². The Hall–Kier alpha value is -4.34. The molecule has 2 aromatic carbocycles. The number of benzene rings is 2. The largest absolute Gasteiger partial charge is 0.467 e. The predicted molar refractivity (Wildman–Crippen MR) is 161 cm³/mol. The highest BCUT2D eigenvalue weighted by atomic mass is 16.6. The number of esters is 2. The minimum atomic E-state index is -1.05. The van der Waals surface area contributed by atoms with E-state index < -0.39 is 47.4 Å². The second-order valence-electron chi connectivity index (χ2n) is 12.2. The molecule has 10 heteroatoms. The lowest BCUT2D eigenvalue weighted by Crippen LogP contribution is -2.44. The molecule has 0 saturated heterocycles. The first kappa shape index (κ1) is 33.2. The number of fused-ring (bicyclic) bond motifs is 3. The average Bonchev–Trinajstić information content (AvgIpc) is 3.24. The molecule has 0 fully saturated rings. The molecule has 2 atom stereocenters. The zero-order chi connectivity index (χ0) is 31.8.